The van der Waals surface area contributed by atoms with Crippen molar-refractivity contribution in [2.75, 3.05) is 32.8 Å². The maximum Gasteiger partial charge on any atom is 0.342 e. The molecule has 0 atom stereocenters. The number of benzene rings is 2. The van der Waals surface area contributed by atoms with Crippen molar-refractivity contribution in [2.45, 2.75) is 45.8 Å². The van der Waals surface area contributed by atoms with E-state index in [4.69, 9.17) is 9.47 Å². The van der Waals surface area contributed by atoms with Gasteiger partial charge in [-0.3, -0.25) is 9.69 Å². The number of nitrogens with zero attached hydrogens (tertiary/aromatic N) is 2. The molecule has 1 saturated heterocycles. The van der Waals surface area contributed by atoms with Crippen LogP contribution in [0.25, 0.3) is 16.5 Å². The van der Waals surface area contributed by atoms with Crippen LogP contribution >= 0.6 is 0 Å². The summed E-state index contributed by atoms with van der Waals surface area (Å²) < 4.78 is 25.7. The number of morpholine rings is 1. The lowest BCUT2D eigenvalue weighted by Crippen LogP contribution is -2.37. The van der Waals surface area contributed by atoms with Gasteiger partial charge in [0.2, 0.25) is 0 Å². The third kappa shape index (κ3) is 5.11. The summed E-state index contributed by atoms with van der Waals surface area (Å²) >= 11 is 0. The lowest BCUT2D eigenvalue weighted by molar-refractivity contribution is -0.140. The molecule has 3 heterocycles. The van der Waals surface area contributed by atoms with Crippen LogP contribution in [-0.4, -0.2) is 65.6 Å². The van der Waals surface area contributed by atoms with Crippen LogP contribution in [0.3, 0.4) is 0 Å². The standard InChI is InChI=1S/C30H34FN3O4/c1-19(2)38-29(36)23-17-34(18-30(3,4)26-22-7-5-6-8-25(22)32-27(23)26)28(35)20-9-10-24(31)21(15-20)16-33-11-13-37-14-12-33/h5-10,15,17,19,32H,11-14,16,18H2,1-4H3. The Labute approximate surface area is 222 Å². The number of rotatable bonds is 5. The second-order valence-electron chi connectivity index (χ2n) is 10.9. The number of carbonyl (C=O) groups excluding carboxylic acids is 2. The largest absolute Gasteiger partial charge is 0.459 e. The van der Waals surface area contributed by atoms with Gasteiger partial charge < -0.3 is 19.4 Å². The summed E-state index contributed by atoms with van der Waals surface area (Å²) in [5.74, 6) is -1.15. The first-order chi connectivity index (χ1) is 18.1. The maximum absolute atomic E-state index is 14.7. The molecule has 8 heteroatoms. The zero-order chi connectivity index (χ0) is 27.0. The fourth-order valence-corrected chi connectivity index (χ4v) is 5.38. The average molecular weight is 520 g/mol. The average Bonchev–Trinajstić information content (AvgIpc) is 3.22. The van der Waals surface area contributed by atoms with Gasteiger partial charge in [-0.05, 0) is 43.7 Å². The summed E-state index contributed by atoms with van der Waals surface area (Å²) in [5.41, 5.74) is 3.16. The van der Waals surface area contributed by atoms with Gasteiger partial charge in [0.1, 0.15) is 5.82 Å². The van der Waals surface area contributed by atoms with Crippen molar-refractivity contribution < 1.29 is 23.5 Å². The van der Waals surface area contributed by atoms with Gasteiger partial charge >= 0.3 is 5.97 Å². The van der Waals surface area contributed by atoms with Crippen molar-refractivity contribution in [2.24, 2.45) is 0 Å². The molecule has 2 aliphatic rings. The van der Waals surface area contributed by atoms with E-state index in [0.29, 0.717) is 61.8 Å². The third-order valence-corrected chi connectivity index (χ3v) is 7.12. The number of carbonyl (C=O) groups is 2. The van der Waals surface area contributed by atoms with E-state index in [9.17, 15) is 14.0 Å². The Hall–Kier alpha value is -3.49. The Morgan fingerprint density at radius 2 is 1.87 bits per heavy atom. The van der Waals surface area contributed by atoms with E-state index in [1.165, 1.54) is 12.1 Å². The van der Waals surface area contributed by atoms with Crippen LogP contribution in [0.5, 0.6) is 0 Å². The van der Waals surface area contributed by atoms with Crippen LogP contribution in [0.1, 0.15) is 54.9 Å². The van der Waals surface area contributed by atoms with Crippen LogP contribution < -0.4 is 0 Å². The Morgan fingerprint density at radius 3 is 2.61 bits per heavy atom. The van der Waals surface area contributed by atoms with Crippen LogP contribution in [0.2, 0.25) is 0 Å². The highest BCUT2D eigenvalue weighted by atomic mass is 19.1. The molecule has 2 aliphatic heterocycles. The summed E-state index contributed by atoms with van der Waals surface area (Å²) in [6.07, 6.45) is 1.26. The van der Waals surface area contributed by atoms with Gasteiger partial charge in [0.15, 0.2) is 0 Å². The van der Waals surface area contributed by atoms with Gasteiger partial charge in [-0.1, -0.05) is 32.0 Å². The zero-order valence-corrected chi connectivity index (χ0v) is 22.3. The van der Waals surface area contributed by atoms with Gasteiger partial charge in [0, 0.05) is 59.8 Å². The number of ether oxygens (including phenoxy) is 2. The summed E-state index contributed by atoms with van der Waals surface area (Å²) in [5, 5.41) is 1.000. The minimum atomic E-state index is -0.504. The molecule has 0 unspecified atom stereocenters. The van der Waals surface area contributed by atoms with Crippen molar-refractivity contribution in [1.29, 1.82) is 0 Å². The predicted molar refractivity (Wildman–Crippen MR) is 144 cm³/mol. The molecule has 1 N–H and O–H groups in total. The van der Waals surface area contributed by atoms with Crippen molar-refractivity contribution >= 4 is 28.4 Å². The number of aromatic amines is 1. The first kappa shape index (κ1) is 26.1. The molecule has 0 bridgehead atoms. The molecule has 0 saturated carbocycles. The predicted octanol–water partition coefficient (Wildman–Crippen LogP) is 4.87. The van der Waals surface area contributed by atoms with Crippen molar-refractivity contribution in [1.82, 2.24) is 14.8 Å². The number of hydrogen-bond acceptors (Lipinski definition) is 5. The van der Waals surface area contributed by atoms with Crippen LogP contribution in [-0.2, 0) is 26.2 Å². The number of halogens is 1. The quantitative estimate of drug-likeness (QED) is 0.487. The second kappa shape index (κ2) is 10.3. The van der Waals surface area contributed by atoms with Gasteiger partial charge in [0.05, 0.1) is 30.6 Å². The smallest absolute Gasteiger partial charge is 0.342 e. The monoisotopic (exact) mass is 519 g/mol. The fourth-order valence-electron chi connectivity index (χ4n) is 5.38. The molecule has 38 heavy (non-hydrogen) atoms. The lowest BCUT2D eigenvalue weighted by atomic mass is 9.81. The highest BCUT2D eigenvalue weighted by Gasteiger charge is 2.37. The molecule has 3 aromatic rings. The van der Waals surface area contributed by atoms with Crippen molar-refractivity contribution in [3.63, 3.8) is 0 Å². The number of para-hydroxylation sites is 1. The topological polar surface area (TPSA) is 74.9 Å². The van der Waals surface area contributed by atoms with Gasteiger partial charge in [0.25, 0.3) is 5.91 Å². The number of amides is 1. The molecule has 7 nitrogen and oxygen atoms in total. The Bertz CT molecular complexity index is 1400. The summed E-state index contributed by atoms with van der Waals surface area (Å²) in [4.78, 5) is 34.3. The molecule has 1 aromatic heterocycles. The third-order valence-electron chi connectivity index (χ3n) is 7.12. The number of hydrogen-bond donors (Lipinski definition) is 1. The van der Waals surface area contributed by atoms with E-state index in [-0.39, 0.29) is 17.8 Å². The number of esters is 1. The minimum absolute atomic E-state index is 0.291. The Kier molecular flexibility index (Phi) is 7.11. The zero-order valence-electron chi connectivity index (χ0n) is 22.3. The van der Waals surface area contributed by atoms with E-state index < -0.39 is 11.4 Å². The molecule has 5 rings (SSSR count). The van der Waals surface area contributed by atoms with Gasteiger partial charge in [-0.15, -0.1) is 0 Å². The van der Waals surface area contributed by atoms with E-state index in [2.05, 4.69) is 23.7 Å². The fraction of sp³-hybridized carbons (Fsp3) is 0.400. The molecular weight excluding hydrogens is 485 g/mol. The molecule has 1 fully saturated rings. The number of aromatic nitrogens is 1. The lowest BCUT2D eigenvalue weighted by Gasteiger charge is -2.30. The molecule has 200 valence electrons. The first-order valence-electron chi connectivity index (χ1n) is 13.1. The molecule has 1 amide bonds. The molecule has 0 aliphatic carbocycles. The van der Waals surface area contributed by atoms with E-state index in [1.807, 2.05) is 24.3 Å². The maximum atomic E-state index is 14.7. The number of H-pyrrole nitrogens is 1. The van der Waals surface area contributed by atoms with Gasteiger partial charge in [-0.25, -0.2) is 9.18 Å². The highest BCUT2D eigenvalue weighted by molar-refractivity contribution is 6.18. The second-order valence-corrected chi connectivity index (χ2v) is 10.9. The van der Waals surface area contributed by atoms with Crippen LogP contribution in [0, 0.1) is 5.82 Å². The van der Waals surface area contributed by atoms with Crippen LogP contribution in [0.4, 0.5) is 4.39 Å². The van der Waals surface area contributed by atoms with Gasteiger partial charge in [-0.2, -0.15) is 0 Å². The van der Waals surface area contributed by atoms with E-state index >= 15 is 0 Å². The summed E-state index contributed by atoms with van der Waals surface area (Å²) in [6.45, 7) is 11.1. The molecular formula is C30H34FN3O4. The van der Waals surface area contributed by atoms with E-state index in [0.717, 1.165) is 16.5 Å². The minimum Gasteiger partial charge on any atom is -0.459 e. The van der Waals surface area contributed by atoms with Crippen molar-refractivity contribution in [3.05, 3.63) is 76.9 Å². The molecule has 0 spiro atoms. The number of fused-ring (bicyclic) bond motifs is 3. The van der Waals surface area contributed by atoms with Crippen LogP contribution in [0.15, 0.2) is 48.7 Å². The summed E-state index contributed by atoms with van der Waals surface area (Å²) in [6, 6.07) is 12.4. The first-order valence-corrected chi connectivity index (χ1v) is 13.1. The van der Waals surface area contributed by atoms with Crippen molar-refractivity contribution in [3.8, 4) is 0 Å². The Balaban J connectivity index is 1.55. The normalized spacial score (nSPS) is 17.7. The summed E-state index contributed by atoms with van der Waals surface area (Å²) in [7, 11) is 0. The van der Waals surface area contributed by atoms with E-state index in [1.54, 1.807) is 31.0 Å². The Morgan fingerprint density at radius 1 is 1.13 bits per heavy atom. The molecule has 2 aromatic carbocycles. The SMILES string of the molecule is CC(C)OC(=O)C1=CN(C(=O)c2ccc(F)c(CN3CCOCC3)c2)CC(C)(C)c2c1[nH]c1ccccc21. The molecule has 0 radical (unpaired) electrons. The highest BCUT2D eigenvalue weighted by Crippen LogP contribution is 2.40. The number of nitrogens with one attached hydrogen (secondary N) is 1.